The van der Waals surface area contributed by atoms with E-state index in [1.54, 1.807) is 0 Å². The third kappa shape index (κ3) is 7.22. The zero-order valence-electron chi connectivity index (χ0n) is 17.1. The fourth-order valence-corrected chi connectivity index (χ4v) is 4.15. The molecular formula is C22H37NO5. The molecule has 2 fully saturated rings. The zero-order valence-corrected chi connectivity index (χ0v) is 17.1. The van der Waals surface area contributed by atoms with Gasteiger partial charge < -0.3 is 25.4 Å². The van der Waals surface area contributed by atoms with Crippen molar-refractivity contribution in [2.24, 2.45) is 11.8 Å². The Morgan fingerprint density at radius 1 is 1.36 bits per heavy atom. The van der Waals surface area contributed by atoms with Gasteiger partial charge in [-0.25, -0.2) is 0 Å². The molecule has 0 spiro atoms. The van der Waals surface area contributed by atoms with Crippen LogP contribution in [0.25, 0.3) is 0 Å². The summed E-state index contributed by atoms with van der Waals surface area (Å²) in [6.07, 6.45) is 12.6. The molecule has 4 N–H and O–H groups in total. The van der Waals surface area contributed by atoms with Crippen LogP contribution in [0.3, 0.4) is 0 Å². The predicted octanol–water partition coefficient (Wildman–Crippen LogP) is 2.43. The van der Waals surface area contributed by atoms with Gasteiger partial charge in [0.05, 0.1) is 24.6 Å². The van der Waals surface area contributed by atoms with Crippen molar-refractivity contribution in [3.05, 3.63) is 24.0 Å². The Balaban J connectivity index is 1.76. The highest BCUT2D eigenvalue weighted by Gasteiger charge is 2.46. The average molecular weight is 396 g/mol. The monoisotopic (exact) mass is 395 g/mol. The lowest BCUT2D eigenvalue weighted by Gasteiger charge is -2.16. The first kappa shape index (κ1) is 22.9. The van der Waals surface area contributed by atoms with Gasteiger partial charge in [0.15, 0.2) is 0 Å². The van der Waals surface area contributed by atoms with Crippen molar-refractivity contribution in [2.45, 2.75) is 83.0 Å². The van der Waals surface area contributed by atoms with Gasteiger partial charge in [-0.3, -0.25) is 4.79 Å². The molecule has 0 aromatic rings. The predicted molar refractivity (Wildman–Crippen MR) is 108 cm³/mol. The summed E-state index contributed by atoms with van der Waals surface area (Å²) in [6, 6.07) is 0. The first-order chi connectivity index (χ1) is 13.5. The molecule has 1 saturated heterocycles. The van der Waals surface area contributed by atoms with E-state index in [2.05, 4.69) is 18.3 Å². The number of amides is 1. The molecule has 2 aliphatic rings. The van der Waals surface area contributed by atoms with Crippen LogP contribution in [-0.2, 0) is 9.53 Å². The number of carbonyl (C=O) groups is 1. The van der Waals surface area contributed by atoms with Gasteiger partial charge in [0.25, 0.3) is 0 Å². The fraction of sp³-hybridized carbons (Fsp3) is 0.773. The van der Waals surface area contributed by atoms with Crippen LogP contribution in [0.1, 0.15) is 64.7 Å². The molecule has 0 bridgehead atoms. The van der Waals surface area contributed by atoms with Crippen molar-refractivity contribution >= 4 is 5.91 Å². The van der Waals surface area contributed by atoms with Crippen molar-refractivity contribution in [1.29, 1.82) is 0 Å². The Morgan fingerprint density at radius 3 is 2.93 bits per heavy atom. The van der Waals surface area contributed by atoms with Crippen LogP contribution in [-0.4, -0.2) is 52.7 Å². The van der Waals surface area contributed by atoms with E-state index in [1.165, 1.54) is 0 Å². The van der Waals surface area contributed by atoms with E-state index in [0.29, 0.717) is 19.4 Å². The molecule has 2 rings (SSSR count). The molecule has 1 aliphatic carbocycles. The quantitative estimate of drug-likeness (QED) is 0.300. The first-order valence-electron chi connectivity index (χ1n) is 10.8. The summed E-state index contributed by atoms with van der Waals surface area (Å²) in [5, 5.41) is 31.8. The highest BCUT2D eigenvalue weighted by atomic mass is 16.5. The van der Waals surface area contributed by atoms with Crippen molar-refractivity contribution in [3.8, 4) is 0 Å². The van der Waals surface area contributed by atoms with Crippen molar-refractivity contribution in [1.82, 2.24) is 5.32 Å². The van der Waals surface area contributed by atoms with E-state index < -0.39 is 12.2 Å². The van der Waals surface area contributed by atoms with Crippen LogP contribution < -0.4 is 5.32 Å². The summed E-state index contributed by atoms with van der Waals surface area (Å²) in [7, 11) is 0. The maximum atomic E-state index is 11.5. The largest absolute Gasteiger partial charge is 0.495 e. The SMILES string of the molecule is CCCCC[C@H](O)/C=C/C1[C@H](O)C[C@@H]2O/C(=C\CCCC(=O)NCCO)C[C@H]12. The topological polar surface area (TPSA) is 99.0 Å². The number of aliphatic hydroxyl groups excluding tert-OH is 3. The Bertz CT molecular complexity index is 533. The van der Waals surface area contributed by atoms with Crippen molar-refractivity contribution in [2.75, 3.05) is 13.2 Å². The second-order valence-electron chi connectivity index (χ2n) is 7.99. The number of fused-ring (bicyclic) bond motifs is 1. The number of hydrogen-bond acceptors (Lipinski definition) is 5. The Kier molecular flexibility index (Phi) is 10.0. The van der Waals surface area contributed by atoms with Crippen LogP contribution in [0, 0.1) is 11.8 Å². The first-order valence-corrected chi connectivity index (χ1v) is 10.8. The molecule has 1 saturated carbocycles. The molecule has 160 valence electrons. The van der Waals surface area contributed by atoms with Crippen LogP contribution in [0.5, 0.6) is 0 Å². The lowest BCUT2D eigenvalue weighted by molar-refractivity contribution is -0.121. The third-order valence-electron chi connectivity index (χ3n) is 5.70. The summed E-state index contributed by atoms with van der Waals surface area (Å²) in [4.78, 5) is 11.5. The molecule has 1 heterocycles. The Hall–Kier alpha value is -1.37. The third-order valence-corrected chi connectivity index (χ3v) is 5.70. The molecule has 6 nitrogen and oxygen atoms in total. The fourth-order valence-electron chi connectivity index (χ4n) is 4.15. The van der Waals surface area contributed by atoms with Gasteiger partial charge in [0.1, 0.15) is 6.10 Å². The standard InChI is InChI=1S/C22H37NO5/c1-2-3-4-7-16(25)10-11-18-19-14-17(28-21(19)15-20(18)26)8-5-6-9-22(27)23-12-13-24/h8,10-11,16,18-21,24-26H,2-7,9,12-15H2,1H3,(H,23,27)/b11-10+,17-8-/t16-,18?,19+,20+,21-/m0/s1. The van der Waals surface area contributed by atoms with Gasteiger partial charge in [0, 0.05) is 37.6 Å². The lowest BCUT2D eigenvalue weighted by Crippen LogP contribution is -2.25. The summed E-state index contributed by atoms with van der Waals surface area (Å²) in [6.45, 7) is 2.41. The normalized spacial score (nSPS) is 29.2. The molecule has 0 aromatic carbocycles. The minimum atomic E-state index is -0.438. The van der Waals surface area contributed by atoms with Crippen molar-refractivity contribution in [3.63, 3.8) is 0 Å². The molecule has 6 heteroatoms. The van der Waals surface area contributed by atoms with Gasteiger partial charge in [-0.1, -0.05) is 38.3 Å². The molecule has 28 heavy (non-hydrogen) atoms. The number of hydrogen-bond donors (Lipinski definition) is 4. The Labute approximate surface area is 168 Å². The number of unbranched alkanes of at least 4 members (excludes halogenated alkanes) is 3. The van der Waals surface area contributed by atoms with Crippen LogP contribution >= 0.6 is 0 Å². The van der Waals surface area contributed by atoms with Crippen LogP contribution in [0.2, 0.25) is 0 Å². The van der Waals surface area contributed by atoms with Crippen LogP contribution in [0.15, 0.2) is 24.0 Å². The maximum absolute atomic E-state index is 11.5. The van der Waals surface area contributed by atoms with E-state index in [9.17, 15) is 15.0 Å². The highest BCUT2D eigenvalue weighted by molar-refractivity contribution is 5.75. The molecule has 1 aliphatic heterocycles. The molecule has 0 aromatic heterocycles. The minimum absolute atomic E-state index is 0.0287. The molecule has 0 radical (unpaired) electrons. The highest BCUT2D eigenvalue weighted by Crippen LogP contribution is 2.45. The minimum Gasteiger partial charge on any atom is -0.495 e. The summed E-state index contributed by atoms with van der Waals surface area (Å²) in [5.41, 5.74) is 0. The van der Waals surface area contributed by atoms with Gasteiger partial charge in [-0.15, -0.1) is 0 Å². The molecule has 1 unspecified atom stereocenters. The summed E-state index contributed by atoms with van der Waals surface area (Å²) < 4.78 is 6.02. The molecule has 5 atom stereocenters. The zero-order chi connectivity index (χ0) is 20.4. The number of ether oxygens (including phenoxy) is 1. The van der Waals surface area contributed by atoms with Gasteiger partial charge in [-0.05, 0) is 25.3 Å². The van der Waals surface area contributed by atoms with Crippen LogP contribution in [0.4, 0.5) is 0 Å². The van der Waals surface area contributed by atoms with E-state index in [1.807, 2.05) is 12.2 Å². The summed E-state index contributed by atoms with van der Waals surface area (Å²) in [5.74, 6) is 1.20. The Morgan fingerprint density at radius 2 is 2.18 bits per heavy atom. The molecule has 1 amide bonds. The number of allylic oxidation sites excluding steroid dienone is 2. The lowest BCUT2D eigenvalue weighted by atomic mass is 9.90. The average Bonchev–Trinajstić information content (AvgIpc) is 3.18. The second-order valence-corrected chi connectivity index (χ2v) is 7.99. The molecular weight excluding hydrogens is 358 g/mol. The van der Waals surface area contributed by atoms with E-state index in [4.69, 9.17) is 9.84 Å². The van der Waals surface area contributed by atoms with E-state index >= 15 is 0 Å². The van der Waals surface area contributed by atoms with E-state index in [0.717, 1.165) is 50.7 Å². The van der Waals surface area contributed by atoms with Gasteiger partial charge in [0.2, 0.25) is 5.91 Å². The number of aliphatic hydroxyl groups is 3. The van der Waals surface area contributed by atoms with E-state index in [-0.39, 0.29) is 30.5 Å². The summed E-state index contributed by atoms with van der Waals surface area (Å²) >= 11 is 0. The second kappa shape index (κ2) is 12.2. The maximum Gasteiger partial charge on any atom is 0.220 e. The smallest absolute Gasteiger partial charge is 0.220 e. The number of nitrogens with one attached hydrogen (secondary N) is 1. The van der Waals surface area contributed by atoms with Gasteiger partial charge in [-0.2, -0.15) is 0 Å². The number of rotatable bonds is 12. The number of carbonyl (C=O) groups excluding carboxylic acids is 1. The van der Waals surface area contributed by atoms with Crippen molar-refractivity contribution < 1.29 is 24.9 Å². The van der Waals surface area contributed by atoms with Gasteiger partial charge >= 0.3 is 0 Å².